The summed E-state index contributed by atoms with van der Waals surface area (Å²) in [5, 5.41) is 0. The molecule has 1 aromatic carbocycles. The minimum absolute atomic E-state index is 0.0362. The zero-order valence-corrected chi connectivity index (χ0v) is 11.4. The lowest BCUT2D eigenvalue weighted by molar-refractivity contribution is -0.320. The SMILES string of the molecule is O=C(OC1OCC(CCc2ccc(F)cc2)CO1)C(F)(F)F. The molecular weight excluding hydrogens is 308 g/mol. The fraction of sp³-hybridized carbons (Fsp3) is 0.500. The smallest absolute Gasteiger partial charge is 0.404 e. The number of rotatable bonds is 4. The molecule has 4 nitrogen and oxygen atoms in total. The van der Waals surface area contributed by atoms with Gasteiger partial charge in [0, 0.05) is 5.92 Å². The molecule has 122 valence electrons. The number of hydrogen-bond donors (Lipinski definition) is 0. The molecular formula is C14H14F4O4. The van der Waals surface area contributed by atoms with Gasteiger partial charge in [-0.15, -0.1) is 0 Å². The number of halogens is 4. The number of hydrogen-bond acceptors (Lipinski definition) is 4. The highest BCUT2D eigenvalue weighted by Gasteiger charge is 2.43. The lowest BCUT2D eigenvalue weighted by atomic mass is 10.0. The largest absolute Gasteiger partial charge is 0.491 e. The summed E-state index contributed by atoms with van der Waals surface area (Å²) in [5.41, 5.74) is 0.937. The Morgan fingerprint density at radius 2 is 1.77 bits per heavy atom. The van der Waals surface area contributed by atoms with Crippen LogP contribution in [0.25, 0.3) is 0 Å². The highest BCUT2D eigenvalue weighted by atomic mass is 19.4. The van der Waals surface area contributed by atoms with Crippen molar-refractivity contribution in [3.8, 4) is 0 Å². The van der Waals surface area contributed by atoms with Gasteiger partial charge in [0.05, 0.1) is 13.2 Å². The predicted molar refractivity (Wildman–Crippen MR) is 66.1 cm³/mol. The first-order chi connectivity index (χ1) is 10.3. The van der Waals surface area contributed by atoms with Gasteiger partial charge in [-0.3, -0.25) is 0 Å². The molecule has 1 heterocycles. The van der Waals surface area contributed by atoms with Crippen molar-refractivity contribution < 1.29 is 36.6 Å². The van der Waals surface area contributed by atoms with Crippen molar-refractivity contribution in [1.29, 1.82) is 0 Å². The normalized spacial score (nSPS) is 22.4. The fourth-order valence-corrected chi connectivity index (χ4v) is 1.94. The van der Waals surface area contributed by atoms with Crippen LogP contribution >= 0.6 is 0 Å². The zero-order valence-electron chi connectivity index (χ0n) is 11.4. The molecule has 0 bridgehead atoms. The molecule has 22 heavy (non-hydrogen) atoms. The fourth-order valence-electron chi connectivity index (χ4n) is 1.94. The topological polar surface area (TPSA) is 44.8 Å². The Bertz CT molecular complexity index is 493. The Morgan fingerprint density at radius 1 is 1.18 bits per heavy atom. The second kappa shape index (κ2) is 7.06. The third-order valence-corrected chi connectivity index (χ3v) is 3.13. The summed E-state index contributed by atoms with van der Waals surface area (Å²) >= 11 is 0. The van der Waals surface area contributed by atoms with Gasteiger partial charge >= 0.3 is 18.6 Å². The molecule has 1 fully saturated rings. The van der Waals surface area contributed by atoms with Crippen molar-refractivity contribution in [2.75, 3.05) is 13.2 Å². The van der Waals surface area contributed by atoms with E-state index >= 15 is 0 Å². The molecule has 2 rings (SSSR count). The van der Waals surface area contributed by atoms with Crippen LogP contribution in [0.2, 0.25) is 0 Å². The van der Waals surface area contributed by atoms with Gasteiger partial charge in [-0.1, -0.05) is 12.1 Å². The number of benzene rings is 1. The van der Waals surface area contributed by atoms with Crippen LogP contribution in [-0.4, -0.2) is 31.8 Å². The van der Waals surface area contributed by atoms with E-state index in [2.05, 4.69) is 4.74 Å². The Kier molecular flexibility index (Phi) is 5.36. The lowest BCUT2D eigenvalue weighted by Crippen LogP contribution is -2.38. The van der Waals surface area contributed by atoms with Crippen LogP contribution < -0.4 is 0 Å². The Labute approximate surface area is 124 Å². The first-order valence-corrected chi connectivity index (χ1v) is 6.60. The molecule has 1 aromatic rings. The number of ether oxygens (including phenoxy) is 3. The van der Waals surface area contributed by atoms with E-state index in [0.29, 0.717) is 12.8 Å². The summed E-state index contributed by atoms with van der Waals surface area (Å²) in [4.78, 5) is 10.6. The molecule has 0 saturated carbocycles. The summed E-state index contributed by atoms with van der Waals surface area (Å²) in [5.74, 6) is -2.70. The van der Waals surface area contributed by atoms with Crippen molar-refractivity contribution in [2.24, 2.45) is 5.92 Å². The van der Waals surface area contributed by atoms with E-state index in [0.717, 1.165) is 5.56 Å². The van der Waals surface area contributed by atoms with Crippen molar-refractivity contribution in [2.45, 2.75) is 25.5 Å². The van der Waals surface area contributed by atoms with Crippen molar-refractivity contribution in [3.05, 3.63) is 35.6 Å². The highest BCUT2D eigenvalue weighted by Crippen LogP contribution is 2.22. The molecule has 0 spiro atoms. The molecule has 0 radical (unpaired) electrons. The van der Waals surface area contributed by atoms with E-state index in [-0.39, 0.29) is 24.9 Å². The van der Waals surface area contributed by atoms with Gasteiger partial charge in [0.1, 0.15) is 5.82 Å². The number of carbonyl (C=O) groups excluding carboxylic acids is 1. The minimum atomic E-state index is -5.08. The molecule has 0 aromatic heterocycles. The number of esters is 1. The molecule has 0 atom stereocenters. The van der Waals surface area contributed by atoms with Crippen LogP contribution in [0.5, 0.6) is 0 Å². The average molecular weight is 322 g/mol. The van der Waals surface area contributed by atoms with Gasteiger partial charge in [0.25, 0.3) is 0 Å². The van der Waals surface area contributed by atoms with Crippen LogP contribution in [0.1, 0.15) is 12.0 Å². The van der Waals surface area contributed by atoms with E-state index in [4.69, 9.17) is 9.47 Å². The van der Waals surface area contributed by atoms with Crippen molar-refractivity contribution >= 4 is 5.97 Å². The quantitative estimate of drug-likeness (QED) is 0.632. The Hall–Kier alpha value is -1.67. The van der Waals surface area contributed by atoms with Crippen LogP contribution in [0.4, 0.5) is 17.6 Å². The summed E-state index contributed by atoms with van der Waals surface area (Å²) in [6.07, 6.45) is -3.76. The maximum absolute atomic E-state index is 12.8. The molecule has 0 unspecified atom stereocenters. The number of aryl methyl sites for hydroxylation is 1. The monoisotopic (exact) mass is 322 g/mol. The third-order valence-electron chi connectivity index (χ3n) is 3.13. The number of alkyl halides is 3. The van der Waals surface area contributed by atoms with E-state index in [1.54, 1.807) is 12.1 Å². The van der Waals surface area contributed by atoms with Crippen LogP contribution in [0, 0.1) is 11.7 Å². The van der Waals surface area contributed by atoms with Gasteiger partial charge in [0.2, 0.25) is 0 Å². The molecule has 8 heteroatoms. The molecule has 0 amide bonds. The van der Waals surface area contributed by atoms with Crippen LogP contribution in [0.15, 0.2) is 24.3 Å². The summed E-state index contributed by atoms with van der Waals surface area (Å²) < 4.78 is 62.7. The van der Waals surface area contributed by atoms with E-state index in [1.165, 1.54) is 12.1 Å². The van der Waals surface area contributed by atoms with E-state index < -0.39 is 18.6 Å². The van der Waals surface area contributed by atoms with Gasteiger partial charge in [-0.25, -0.2) is 9.18 Å². The molecule has 1 aliphatic heterocycles. The maximum atomic E-state index is 12.8. The molecule has 1 aliphatic rings. The lowest BCUT2D eigenvalue weighted by Gasteiger charge is -2.28. The van der Waals surface area contributed by atoms with Gasteiger partial charge in [-0.05, 0) is 30.5 Å². The van der Waals surface area contributed by atoms with Gasteiger partial charge < -0.3 is 14.2 Å². The summed E-state index contributed by atoms with van der Waals surface area (Å²) in [6.45, 7) is -1.38. The Balaban J connectivity index is 1.71. The van der Waals surface area contributed by atoms with E-state index in [1.807, 2.05) is 0 Å². The molecule has 1 saturated heterocycles. The molecule has 0 aliphatic carbocycles. The van der Waals surface area contributed by atoms with Gasteiger partial charge in [-0.2, -0.15) is 13.2 Å². The summed E-state index contributed by atoms with van der Waals surface area (Å²) in [6, 6.07) is 6.03. The average Bonchev–Trinajstić information content (AvgIpc) is 2.47. The minimum Gasteiger partial charge on any atom is -0.404 e. The number of carbonyl (C=O) groups is 1. The second-order valence-corrected chi connectivity index (χ2v) is 4.89. The second-order valence-electron chi connectivity index (χ2n) is 4.89. The summed E-state index contributed by atoms with van der Waals surface area (Å²) in [7, 11) is 0. The van der Waals surface area contributed by atoms with Crippen molar-refractivity contribution in [1.82, 2.24) is 0 Å². The third kappa shape index (κ3) is 4.96. The first-order valence-electron chi connectivity index (χ1n) is 6.60. The van der Waals surface area contributed by atoms with Crippen molar-refractivity contribution in [3.63, 3.8) is 0 Å². The van der Waals surface area contributed by atoms with Crippen LogP contribution in [0.3, 0.4) is 0 Å². The van der Waals surface area contributed by atoms with Gasteiger partial charge in [0.15, 0.2) is 0 Å². The standard InChI is InChI=1S/C14H14F4O4/c15-11-5-3-9(4-6-11)1-2-10-7-20-13(21-8-10)22-12(19)14(16,17)18/h3-6,10,13H,1-2,7-8H2. The van der Waals surface area contributed by atoms with E-state index in [9.17, 15) is 22.4 Å². The maximum Gasteiger partial charge on any atom is 0.491 e. The Morgan fingerprint density at radius 3 is 2.32 bits per heavy atom. The van der Waals surface area contributed by atoms with Crippen LogP contribution in [-0.2, 0) is 25.4 Å². The first kappa shape index (κ1) is 16.7. The highest BCUT2D eigenvalue weighted by molar-refractivity contribution is 5.75. The zero-order chi connectivity index (χ0) is 16.2. The molecule has 0 N–H and O–H groups in total. The predicted octanol–water partition coefficient (Wildman–Crippen LogP) is 2.81.